The summed E-state index contributed by atoms with van der Waals surface area (Å²) in [5.74, 6) is 0.827. The number of rotatable bonds is 7. The third-order valence-electron chi connectivity index (χ3n) is 7.29. The van der Waals surface area contributed by atoms with E-state index in [0.717, 1.165) is 0 Å². The highest BCUT2D eigenvalue weighted by Gasteiger charge is 2.38. The number of aryl methyl sites for hydroxylation is 6. The van der Waals surface area contributed by atoms with Gasteiger partial charge in [-0.1, -0.05) is 104 Å². The molecule has 0 bridgehead atoms. The van der Waals surface area contributed by atoms with Gasteiger partial charge in [0, 0.05) is 5.69 Å². The molecule has 0 unspecified atom stereocenters. The lowest BCUT2D eigenvalue weighted by Gasteiger charge is -2.40. The van der Waals surface area contributed by atoms with E-state index in [9.17, 15) is 0 Å². The van der Waals surface area contributed by atoms with E-state index >= 15 is 0 Å². The minimum Gasteiger partial charge on any atom is -0.425 e. The molecule has 0 saturated heterocycles. The van der Waals surface area contributed by atoms with Crippen LogP contribution in [0, 0.1) is 41.5 Å². The second-order valence-electron chi connectivity index (χ2n) is 11.1. The lowest BCUT2D eigenvalue weighted by molar-refractivity contribution is 0.835. The van der Waals surface area contributed by atoms with E-state index < -0.39 is 8.27 Å². The van der Waals surface area contributed by atoms with Gasteiger partial charge in [0.2, 0.25) is 8.27 Å². The smallest absolute Gasteiger partial charge is 0.316 e. The molecule has 0 heterocycles. The number of anilines is 1. The van der Waals surface area contributed by atoms with Gasteiger partial charge < -0.3 is 4.48 Å². The van der Waals surface area contributed by atoms with Crippen LogP contribution in [0.2, 0.25) is 6.55 Å². The molecular formula is C31H43BClNSi. The zero-order valence-corrected chi connectivity index (χ0v) is 25.6. The number of hydrogen-bond acceptors (Lipinski definition) is 1. The van der Waals surface area contributed by atoms with Crippen molar-refractivity contribution in [2.24, 2.45) is 0 Å². The van der Waals surface area contributed by atoms with Crippen molar-refractivity contribution in [3.05, 3.63) is 87.0 Å². The summed E-state index contributed by atoms with van der Waals surface area (Å²) in [5, 5.41) is 0. The van der Waals surface area contributed by atoms with Crippen molar-refractivity contribution in [2.75, 3.05) is 4.48 Å². The van der Waals surface area contributed by atoms with Gasteiger partial charge in [0.05, 0.1) is 0 Å². The van der Waals surface area contributed by atoms with Crippen LogP contribution in [0.15, 0.2) is 42.5 Å². The van der Waals surface area contributed by atoms with Crippen LogP contribution in [-0.2, 0) is 0 Å². The average molecular weight is 504 g/mol. The molecule has 0 saturated carbocycles. The zero-order chi connectivity index (χ0) is 26.2. The number of para-hydroxylation sites is 1. The second-order valence-corrected chi connectivity index (χ2v) is 14.7. The van der Waals surface area contributed by atoms with Gasteiger partial charge in [-0.3, -0.25) is 0 Å². The van der Waals surface area contributed by atoms with Crippen LogP contribution >= 0.6 is 11.1 Å². The largest absolute Gasteiger partial charge is 0.425 e. The van der Waals surface area contributed by atoms with E-state index in [2.05, 4.69) is 123 Å². The van der Waals surface area contributed by atoms with Crippen molar-refractivity contribution >= 4 is 42.8 Å². The van der Waals surface area contributed by atoms with Crippen molar-refractivity contribution < 1.29 is 0 Å². The number of benzene rings is 3. The quantitative estimate of drug-likeness (QED) is 0.238. The molecule has 0 aliphatic carbocycles. The summed E-state index contributed by atoms with van der Waals surface area (Å²) in [6.07, 6.45) is 0. The fraction of sp³-hybridized carbons (Fsp3) is 0.419. The van der Waals surface area contributed by atoms with Crippen LogP contribution in [0.25, 0.3) is 0 Å². The zero-order valence-electron chi connectivity index (χ0n) is 23.7. The van der Waals surface area contributed by atoms with E-state index in [1.807, 2.05) is 0 Å². The molecule has 0 spiro atoms. The maximum atomic E-state index is 7.36. The van der Waals surface area contributed by atoms with Crippen molar-refractivity contribution in [3.63, 3.8) is 0 Å². The summed E-state index contributed by atoms with van der Waals surface area (Å²) in [7, 11) is -1.85. The molecule has 35 heavy (non-hydrogen) atoms. The van der Waals surface area contributed by atoms with Crippen molar-refractivity contribution in [1.82, 2.24) is 0 Å². The van der Waals surface area contributed by atoms with E-state index in [4.69, 9.17) is 11.1 Å². The lowest BCUT2D eigenvalue weighted by Crippen LogP contribution is -2.63. The Bertz CT molecular complexity index is 1080. The maximum Gasteiger partial charge on any atom is 0.316 e. The molecule has 4 heteroatoms. The topological polar surface area (TPSA) is 3.24 Å². The minimum absolute atomic E-state index is 0.0766. The average Bonchev–Trinajstić information content (AvgIpc) is 2.71. The summed E-state index contributed by atoms with van der Waals surface area (Å²) >= 11 is 7.36. The van der Waals surface area contributed by atoms with E-state index in [0.29, 0.717) is 11.8 Å². The highest BCUT2D eigenvalue weighted by atomic mass is 35.6. The highest BCUT2D eigenvalue weighted by Crippen LogP contribution is 2.37. The van der Waals surface area contributed by atoms with Crippen LogP contribution in [0.4, 0.5) is 5.69 Å². The highest BCUT2D eigenvalue weighted by molar-refractivity contribution is 7.16. The van der Waals surface area contributed by atoms with Gasteiger partial charge in [0.25, 0.3) is 0 Å². The summed E-state index contributed by atoms with van der Waals surface area (Å²) in [6, 6.07) is 16.2. The SMILES string of the molecule is Cc1cc(C)c(B(c2c(C)cc(C)cc2C)N(c2c(C(C)C)cccc2C(C)C)[Si@H](C)Cl)c(C)c1. The predicted molar refractivity (Wildman–Crippen MR) is 162 cm³/mol. The molecule has 0 radical (unpaired) electrons. The summed E-state index contributed by atoms with van der Waals surface area (Å²) < 4.78 is 2.65. The maximum absolute atomic E-state index is 7.36. The molecule has 0 N–H and O–H groups in total. The molecular weight excluding hydrogens is 461 g/mol. The molecule has 3 aromatic rings. The van der Waals surface area contributed by atoms with Crippen molar-refractivity contribution in [2.45, 2.75) is 87.6 Å². The van der Waals surface area contributed by atoms with Gasteiger partial charge in [-0.15, -0.1) is 11.1 Å². The first-order valence-electron chi connectivity index (χ1n) is 13.1. The fourth-order valence-electron chi connectivity index (χ4n) is 5.99. The van der Waals surface area contributed by atoms with E-state index in [-0.39, 0.29) is 6.85 Å². The van der Waals surface area contributed by atoms with Gasteiger partial charge in [0.15, 0.2) is 0 Å². The molecule has 0 aliphatic heterocycles. The monoisotopic (exact) mass is 503 g/mol. The third kappa shape index (κ3) is 5.57. The Morgan fingerprint density at radius 1 is 0.686 bits per heavy atom. The molecule has 0 aliphatic rings. The second kappa shape index (κ2) is 11.0. The molecule has 1 atom stereocenters. The van der Waals surface area contributed by atoms with Crippen LogP contribution in [-0.4, -0.2) is 15.1 Å². The Hall–Kier alpha value is -1.97. The Morgan fingerprint density at radius 3 is 1.31 bits per heavy atom. The van der Waals surface area contributed by atoms with Crippen LogP contribution < -0.4 is 15.4 Å². The van der Waals surface area contributed by atoms with Gasteiger partial charge in [-0.2, -0.15) is 0 Å². The number of hydrogen-bond donors (Lipinski definition) is 0. The first-order valence-corrected chi connectivity index (χ1v) is 16.5. The number of halogens is 1. The lowest BCUT2D eigenvalue weighted by atomic mass is 9.46. The van der Waals surface area contributed by atoms with Gasteiger partial charge in [-0.25, -0.2) is 0 Å². The van der Waals surface area contributed by atoms with E-state index in [1.165, 1.54) is 61.1 Å². The van der Waals surface area contributed by atoms with Crippen LogP contribution in [0.3, 0.4) is 0 Å². The first kappa shape index (κ1) is 27.6. The summed E-state index contributed by atoms with van der Waals surface area (Å²) in [6.45, 7) is 25.1. The molecule has 0 amide bonds. The van der Waals surface area contributed by atoms with Gasteiger partial charge in [-0.05, 0) is 82.0 Å². The summed E-state index contributed by atoms with van der Waals surface area (Å²) in [5.41, 5.74) is 15.0. The third-order valence-corrected chi connectivity index (χ3v) is 9.24. The molecule has 0 fully saturated rings. The minimum atomic E-state index is -1.85. The van der Waals surface area contributed by atoms with Gasteiger partial charge >= 0.3 is 6.85 Å². The Kier molecular flexibility index (Phi) is 8.65. The molecule has 186 valence electrons. The number of nitrogens with zero attached hydrogens (tertiary/aromatic N) is 1. The predicted octanol–water partition coefficient (Wildman–Crippen LogP) is 7.49. The first-order chi connectivity index (χ1) is 16.3. The van der Waals surface area contributed by atoms with Crippen molar-refractivity contribution in [3.8, 4) is 0 Å². The molecule has 0 aromatic heterocycles. The Morgan fingerprint density at radius 2 is 1.03 bits per heavy atom. The molecule has 3 rings (SSSR count). The standard InChI is InChI=1S/C31H43BClNSi/c1-19(2)27-13-12-14-28(20(3)4)31(27)34(35(11)33)32(29-23(7)15-21(5)16-24(29)8)30-25(9)17-22(6)18-26(30)10/h12-20,35H,1-11H3/t35-/m1/s1. The Balaban J connectivity index is 2.51. The summed E-state index contributed by atoms with van der Waals surface area (Å²) in [4.78, 5) is 0. The van der Waals surface area contributed by atoms with Gasteiger partial charge in [0.1, 0.15) is 0 Å². The Labute approximate surface area is 221 Å². The normalized spacial score (nSPS) is 12.4. The van der Waals surface area contributed by atoms with Crippen LogP contribution in [0.5, 0.6) is 0 Å². The van der Waals surface area contributed by atoms with E-state index in [1.54, 1.807) is 0 Å². The fourth-order valence-corrected chi connectivity index (χ4v) is 7.98. The van der Waals surface area contributed by atoms with Crippen molar-refractivity contribution in [1.29, 1.82) is 0 Å². The van der Waals surface area contributed by atoms with Crippen LogP contribution in [0.1, 0.15) is 84.0 Å². The molecule has 1 nitrogen and oxygen atoms in total. The molecule has 3 aromatic carbocycles.